The van der Waals surface area contributed by atoms with Gasteiger partial charge in [0.2, 0.25) is 11.8 Å². The summed E-state index contributed by atoms with van der Waals surface area (Å²) in [5.74, 6) is -1.07. The Morgan fingerprint density at radius 3 is 2.63 bits per heavy atom. The first kappa shape index (κ1) is 19.4. The van der Waals surface area contributed by atoms with E-state index in [9.17, 15) is 14.0 Å². The fourth-order valence-electron chi connectivity index (χ4n) is 3.31. The molecule has 0 aromatic heterocycles. The van der Waals surface area contributed by atoms with Crippen LogP contribution in [0, 0.1) is 18.7 Å². The molecule has 142 valence electrons. The van der Waals surface area contributed by atoms with E-state index in [4.69, 9.17) is 11.6 Å². The van der Waals surface area contributed by atoms with Crippen molar-refractivity contribution < 1.29 is 14.0 Å². The van der Waals surface area contributed by atoms with Crippen molar-refractivity contribution in [1.82, 2.24) is 9.80 Å². The molecule has 6 heteroatoms. The fourth-order valence-corrected chi connectivity index (χ4v) is 3.54. The number of hydrogen-bond acceptors (Lipinski definition) is 2. The van der Waals surface area contributed by atoms with E-state index in [1.807, 2.05) is 31.2 Å². The molecule has 0 bridgehead atoms. The second kappa shape index (κ2) is 8.09. The Morgan fingerprint density at radius 1 is 1.26 bits per heavy atom. The summed E-state index contributed by atoms with van der Waals surface area (Å²) in [7, 11) is 1.61. The summed E-state index contributed by atoms with van der Waals surface area (Å²) in [6, 6.07) is 12.4. The minimum atomic E-state index is -0.439. The number of likely N-dealkylation sites (tertiary alicyclic amines) is 1. The molecule has 2 amide bonds. The maximum atomic E-state index is 14.0. The van der Waals surface area contributed by atoms with E-state index >= 15 is 0 Å². The number of rotatable bonds is 5. The zero-order chi connectivity index (χ0) is 19.6. The van der Waals surface area contributed by atoms with Crippen LogP contribution in [0.3, 0.4) is 0 Å². The largest absolute Gasteiger partial charge is 0.341 e. The average Bonchev–Trinajstić information content (AvgIpc) is 3.00. The van der Waals surface area contributed by atoms with Gasteiger partial charge in [0.1, 0.15) is 5.82 Å². The normalized spacial score (nSPS) is 16.7. The predicted octanol–water partition coefficient (Wildman–Crippen LogP) is 3.79. The van der Waals surface area contributed by atoms with Crippen LogP contribution in [0.15, 0.2) is 42.5 Å². The third kappa shape index (κ3) is 4.48. The molecule has 1 atom stereocenters. The molecule has 4 nitrogen and oxygen atoms in total. The molecule has 0 N–H and O–H groups in total. The molecule has 0 spiro atoms. The molecule has 0 saturated carbocycles. The van der Waals surface area contributed by atoms with Crippen molar-refractivity contribution in [2.45, 2.75) is 26.4 Å². The summed E-state index contributed by atoms with van der Waals surface area (Å²) in [6.07, 6.45) is 0.181. The number of carbonyl (C=O) groups excluding carboxylic acids is 2. The minimum Gasteiger partial charge on any atom is -0.341 e. The van der Waals surface area contributed by atoms with Gasteiger partial charge in [-0.05, 0) is 24.6 Å². The van der Waals surface area contributed by atoms with Crippen LogP contribution in [0.5, 0.6) is 0 Å². The molecule has 1 aliphatic rings. The fraction of sp³-hybridized carbons (Fsp3) is 0.333. The van der Waals surface area contributed by atoms with Crippen molar-refractivity contribution in [3.63, 3.8) is 0 Å². The molecule has 0 aliphatic carbocycles. The number of aryl methyl sites for hydroxylation is 1. The molecule has 27 heavy (non-hydrogen) atoms. The van der Waals surface area contributed by atoms with Gasteiger partial charge in [-0.1, -0.05) is 47.5 Å². The maximum Gasteiger partial charge on any atom is 0.228 e. The number of benzene rings is 2. The standard InChI is InChI=1S/C21H22ClFN2O2/c1-14-6-8-15(9-7-14)11-25-12-16(10-20(25)26)21(27)24(2)13-17-18(22)4-3-5-19(17)23/h3-9,16H,10-13H2,1-2H3. The van der Waals surface area contributed by atoms with E-state index in [-0.39, 0.29) is 35.4 Å². The number of hydrogen-bond donors (Lipinski definition) is 0. The molecule has 1 heterocycles. The lowest BCUT2D eigenvalue weighted by molar-refractivity contribution is -0.135. The SMILES string of the molecule is Cc1ccc(CN2CC(C(=O)N(C)Cc3c(F)cccc3Cl)CC2=O)cc1. The van der Waals surface area contributed by atoms with E-state index in [2.05, 4.69) is 0 Å². The van der Waals surface area contributed by atoms with Gasteiger partial charge in [0, 0.05) is 43.7 Å². The smallest absolute Gasteiger partial charge is 0.228 e. The van der Waals surface area contributed by atoms with Crippen molar-refractivity contribution in [2.75, 3.05) is 13.6 Å². The zero-order valence-electron chi connectivity index (χ0n) is 15.4. The Bertz CT molecular complexity index is 834. The van der Waals surface area contributed by atoms with Crippen molar-refractivity contribution in [1.29, 1.82) is 0 Å². The molecule has 0 radical (unpaired) electrons. The summed E-state index contributed by atoms with van der Waals surface area (Å²) in [4.78, 5) is 28.2. The first-order chi connectivity index (χ1) is 12.8. The molecule has 2 aromatic carbocycles. The molecule has 1 saturated heterocycles. The van der Waals surface area contributed by atoms with Gasteiger partial charge in [0.15, 0.2) is 0 Å². The van der Waals surface area contributed by atoms with Gasteiger partial charge in [-0.15, -0.1) is 0 Å². The number of nitrogens with zero attached hydrogens (tertiary/aromatic N) is 2. The summed E-state index contributed by atoms with van der Waals surface area (Å²) >= 11 is 6.05. The second-order valence-electron chi connectivity index (χ2n) is 7.06. The van der Waals surface area contributed by atoms with E-state index in [1.54, 1.807) is 18.0 Å². The summed E-state index contributed by atoms with van der Waals surface area (Å²) < 4.78 is 14.0. The van der Waals surface area contributed by atoms with Gasteiger partial charge in [0.25, 0.3) is 0 Å². The highest BCUT2D eigenvalue weighted by molar-refractivity contribution is 6.31. The molecule has 2 aromatic rings. The van der Waals surface area contributed by atoms with Crippen LogP contribution in [0.2, 0.25) is 5.02 Å². The predicted molar refractivity (Wildman–Crippen MR) is 103 cm³/mol. The van der Waals surface area contributed by atoms with Crippen LogP contribution in [0.1, 0.15) is 23.1 Å². The van der Waals surface area contributed by atoms with Gasteiger partial charge in [-0.25, -0.2) is 4.39 Å². The molecule has 1 aliphatic heterocycles. The Hall–Kier alpha value is -2.40. The van der Waals surface area contributed by atoms with Crippen LogP contribution >= 0.6 is 11.6 Å². The van der Waals surface area contributed by atoms with Crippen LogP contribution < -0.4 is 0 Å². The Labute approximate surface area is 163 Å². The molecule has 1 unspecified atom stereocenters. The van der Waals surface area contributed by atoms with E-state index in [0.29, 0.717) is 13.1 Å². The van der Waals surface area contributed by atoms with Crippen molar-refractivity contribution in [3.05, 3.63) is 70.0 Å². The highest BCUT2D eigenvalue weighted by Gasteiger charge is 2.35. The molecule has 3 rings (SSSR count). The van der Waals surface area contributed by atoms with Gasteiger partial charge in [0.05, 0.1) is 5.92 Å². The first-order valence-corrected chi connectivity index (χ1v) is 9.24. The summed E-state index contributed by atoms with van der Waals surface area (Å²) in [5, 5.41) is 0.290. The topological polar surface area (TPSA) is 40.6 Å². The van der Waals surface area contributed by atoms with Crippen molar-refractivity contribution in [2.24, 2.45) is 5.92 Å². The van der Waals surface area contributed by atoms with E-state index in [1.165, 1.54) is 17.0 Å². The highest BCUT2D eigenvalue weighted by Crippen LogP contribution is 2.25. The molecular weight excluding hydrogens is 367 g/mol. The summed E-state index contributed by atoms with van der Waals surface area (Å²) in [6.45, 7) is 2.96. The second-order valence-corrected chi connectivity index (χ2v) is 7.46. The number of amides is 2. The van der Waals surface area contributed by atoms with Gasteiger partial charge >= 0.3 is 0 Å². The lowest BCUT2D eigenvalue weighted by Gasteiger charge is -2.22. The molecular formula is C21H22ClFN2O2. The Kier molecular flexibility index (Phi) is 5.80. The maximum absolute atomic E-state index is 14.0. The number of carbonyl (C=O) groups is 2. The van der Waals surface area contributed by atoms with Gasteiger partial charge in [-0.3, -0.25) is 9.59 Å². The quantitative estimate of drug-likeness (QED) is 0.781. The van der Waals surface area contributed by atoms with E-state index in [0.717, 1.165) is 11.1 Å². The Balaban J connectivity index is 1.63. The minimum absolute atomic E-state index is 0.0359. The lowest BCUT2D eigenvalue weighted by Crippen LogP contribution is -2.34. The van der Waals surface area contributed by atoms with Crippen LogP contribution in [-0.4, -0.2) is 35.2 Å². The van der Waals surface area contributed by atoms with Crippen LogP contribution in [0.4, 0.5) is 4.39 Å². The van der Waals surface area contributed by atoms with E-state index < -0.39 is 11.7 Å². The Morgan fingerprint density at radius 2 is 1.96 bits per heavy atom. The third-order valence-corrected chi connectivity index (χ3v) is 5.25. The van der Waals surface area contributed by atoms with Crippen LogP contribution in [-0.2, 0) is 22.7 Å². The average molecular weight is 389 g/mol. The van der Waals surface area contributed by atoms with Crippen molar-refractivity contribution in [3.8, 4) is 0 Å². The van der Waals surface area contributed by atoms with Gasteiger partial charge < -0.3 is 9.80 Å². The van der Waals surface area contributed by atoms with Crippen molar-refractivity contribution >= 4 is 23.4 Å². The third-order valence-electron chi connectivity index (χ3n) is 4.89. The zero-order valence-corrected chi connectivity index (χ0v) is 16.2. The lowest BCUT2D eigenvalue weighted by atomic mass is 10.1. The highest BCUT2D eigenvalue weighted by atomic mass is 35.5. The van der Waals surface area contributed by atoms with Crippen LogP contribution in [0.25, 0.3) is 0 Å². The first-order valence-electron chi connectivity index (χ1n) is 8.86. The van der Waals surface area contributed by atoms with Gasteiger partial charge in [-0.2, -0.15) is 0 Å². The monoisotopic (exact) mass is 388 g/mol. The summed E-state index contributed by atoms with van der Waals surface area (Å²) in [5.41, 5.74) is 2.48. The number of halogens is 2. The molecule has 1 fully saturated rings.